The van der Waals surface area contributed by atoms with Gasteiger partial charge in [0.15, 0.2) is 0 Å². The Morgan fingerprint density at radius 2 is 2.10 bits per heavy atom. The number of nitrogens with two attached hydrogens (primary N) is 1. The summed E-state index contributed by atoms with van der Waals surface area (Å²) in [5.41, 5.74) is 7.40. The first kappa shape index (κ1) is 13.9. The highest BCUT2D eigenvalue weighted by molar-refractivity contribution is 5.92. The molecule has 0 saturated carbocycles. The predicted molar refractivity (Wildman–Crippen MR) is 80.1 cm³/mol. The first-order valence-electron chi connectivity index (χ1n) is 6.15. The molecule has 0 spiro atoms. The second kappa shape index (κ2) is 5.61. The van der Waals surface area contributed by atoms with Crippen LogP contribution in [0.25, 0.3) is 16.7 Å². The van der Waals surface area contributed by atoms with E-state index in [9.17, 15) is 0 Å². The summed E-state index contributed by atoms with van der Waals surface area (Å²) in [6.45, 7) is 7.42. The maximum atomic E-state index is 5.89. The van der Waals surface area contributed by atoms with Crippen LogP contribution in [0.1, 0.15) is 19.4 Å². The number of nitrogen functional groups attached to an aromatic ring is 1. The van der Waals surface area contributed by atoms with E-state index in [2.05, 4.69) is 16.5 Å². The van der Waals surface area contributed by atoms with Gasteiger partial charge < -0.3 is 15.2 Å². The van der Waals surface area contributed by atoms with Crippen LogP contribution in [0.5, 0.6) is 5.75 Å². The Hall–Kier alpha value is -2.56. The van der Waals surface area contributed by atoms with Crippen molar-refractivity contribution in [2.75, 3.05) is 12.8 Å². The highest BCUT2D eigenvalue weighted by atomic mass is 16.5. The van der Waals surface area contributed by atoms with Gasteiger partial charge in [-0.25, -0.2) is 9.97 Å². The first-order valence-corrected chi connectivity index (χ1v) is 6.15. The zero-order chi connectivity index (χ0) is 14.7. The van der Waals surface area contributed by atoms with Gasteiger partial charge in [-0.05, 0) is 26.0 Å². The van der Waals surface area contributed by atoms with Crippen molar-refractivity contribution in [2.45, 2.75) is 13.8 Å². The highest BCUT2D eigenvalue weighted by Crippen LogP contribution is 2.33. The third-order valence-electron chi connectivity index (χ3n) is 2.80. The molecule has 2 N–H and O–H groups in total. The molecule has 0 saturated heterocycles. The number of rotatable bonds is 4. The fourth-order valence-electron chi connectivity index (χ4n) is 1.92. The van der Waals surface area contributed by atoms with E-state index in [4.69, 9.17) is 15.2 Å². The molecule has 0 aliphatic carbocycles. The second-order valence-corrected chi connectivity index (χ2v) is 4.29. The monoisotopic (exact) mass is 271 g/mol. The van der Waals surface area contributed by atoms with Crippen molar-refractivity contribution < 1.29 is 9.47 Å². The molecule has 1 aromatic carbocycles. The summed E-state index contributed by atoms with van der Waals surface area (Å²) >= 11 is 0. The lowest BCUT2D eigenvalue weighted by molar-refractivity contribution is 0.375. The number of benzene rings is 1. The molecule has 2 rings (SSSR count). The zero-order valence-corrected chi connectivity index (χ0v) is 11.8. The number of allylic oxidation sites excluding steroid dienone is 2. The number of ether oxygens (including phenoxy) is 2. The normalized spacial score (nSPS) is 11.4. The van der Waals surface area contributed by atoms with Crippen LogP contribution in [0.4, 0.5) is 5.82 Å². The number of hydrogen-bond acceptors (Lipinski definition) is 5. The molecule has 0 fully saturated rings. The van der Waals surface area contributed by atoms with Crippen LogP contribution in [0.2, 0.25) is 0 Å². The van der Waals surface area contributed by atoms with Crippen molar-refractivity contribution in [3.8, 4) is 5.75 Å². The van der Waals surface area contributed by atoms with Crippen LogP contribution in [0.3, 0.4) is 0 Å². The minimum absolute atomic E-state index is 0.421. The largest absolute Gasteiger partial charge is 0.496 e. The maximum Gasteiger partial charge on any atom is 0.134 e. The van der Waals surface area contributed by atoms with Crippen LogP contribution in [-0.4, -0.2) is 17.1 Å². The predicted octanol–water partition coefficient (Wildman–Crippen LogP) is 3.13. The molecule has 20 heavy (non-hydrogen) atoms. The number of hydrogen-bond donors (Lipinski definition) is 1. The minimum atomic E-state index is 0.421. The van der Waals surface area contributed by atoms with Crippen LogP contribution in [0, 0.1) is 0 Å². The van der Waals surface area contributed by atoms with Gasteiger partial charge in [-0.1, -0.05) is 6.58 Å². The Morgan fingerprint density at radius 3 is 2.70 bits per heavy atom. The van der Waals surface area contributed by atoms with Crippen molar-refractivity contribution in [1.29, 1.82) is 0 Å². The molecular formula is C15H17N3O2. The van der Waals surface area contributed by atoms with Gasteiger partial charge in [-0.2, -0.15) is 0 Å². The number of methoxy groups -OCH3 is 1. The Balaban J connectivity index is 2.67. The molecular weight excluding hydrogens is 254 g/mol. The Kier molecular flexibility index (Phi) is 3.89. The number of aromatic nitrogens is 2. The number of anilines is 1. The van der Waals surface area contributed by atoms with Crippen molar-refractivity contribution >= 4 is 22.5 Å². The van der Waals surface area contributed by atoms with E-state index in [-0.39, 0.29) is 0 Å². The summed E-state index contributed by atoms with van der Waals surface area (Å²) < 4.78 is 11.0. The molecule has 0 unspecified atom stereocenters. The van der Waals surface area contributed by atoms with Crippen molar-refractivity contribution in [2.24, 2.45) is 0 Å². The van der Waals surface area contributed by atoms with E-state index in [0.717, 1.165) is 16.5 Å². The lowest BCUT2D eigenvalue weighted by Gasteiger charge is -2.14. The third kappa shape index (κ3) is 2.56. The van der Waals surface area contributed by atoms with E-state index in [1.165, 1.54) is 6.33 Å². The molecule has 1 aromatic heterocycles. The second-order valence-electron chi connectivity index (χ2n) is 4.29. The lowest BCUT2D eigenvalue weighted by atomic mass is 10.1. The average molecular weight is 271 g/mol. The first-order chi connectivity index (χ1) is 9.56. The SMILES string of the molecule is C=C(C)O/C(=C\C)c1cc2c(N)ncnc2cc1OC. The Labute approximate surface area is 117 Å². The smallest absolute Gasteiger partial charge is 0.134 e. The summed E-state index contributed by atoms with van der Waals surface area (Å²) in [5, 5.41) is 0.757. The Morgan fingerprint density at radius 1 is 1.35 bits per heavy atom. The topological polar surface area (TPSA) is 70.3 Å². The van der Waals surface area contributed by atoms with Gasteiger partial charge in [0.1, 0.15) is 23.7 Å². The van der Waals surface area contributed by atoms with E-state index in [1.807, 2.05) is 25.1 Å². The summed E-state index contributed by atoms with van der Waals surface area (Å²) in [6.07, 6.45) is 3.27. The van der Waals surface area contributed by atoms with Gasteiger partial charge in [-0.3, -0.25) is 0 Å². The molecule has 0 amide bonds. The molecule has 0 aliphatic rings. The quantitative estimate of drug-likeness (QED) is 0.865. The van der Waals surface area contributed by atoms with E-state index < -0.39 is 0 Å². The summed E-state index contributed by atoms with van der Waals surface area (Å²) in [6, 6.07) is 3.68. The number of fused-ring (bicyclic) bond motifs is 1. The average Bonchev–Trinajstić information content (AvgIpc) is 2.43. The lowest BCUT2D eigenvalue weighted by Crippen LogP contribution is -1.98. The van der Waals surface area contributed by atoms with Gasteiger partial charge in [0.2, 0.25) is 0 Å². The standard InChI is InChI=1S/C15H17N3O2/c1-5-13(20-9(2)3)11-6-10-12(7-14(11)19-4)17-8-18-15(10)16/h5-8H,2H2,1,3-4H3,(H2,16,17,18)/b13-5-. The van der Waals surface area contributed by atoms with Gasteiger partial charge in [0, 0.05) is 11.5 Å². The van der Waals surface area contributed by atoms with Crippen molar-refractivity contribution in [1.82, 2.24) is 9.97 Å². The van der Waals surface area contributed by atoms with E-state index in [1.54, 1.807) is 14.0 Å². The molecule has 0 atom stereocenters. The molecule has 0 radical (unpaired) electrons. The van der Waals surface area contributed by atoms with Crippen molar-refractivity contribution in [3.05, 3.63) is 42.4 Å². The van der Waals surface area contributed by atoms with Crippen LogP contribution >= 0.6 is 0 Å². The van der Waals surface area contributed by atoms with Crippen LogP contribution in [0.15, 0.2) is 36.9 Å². The highest BCUT2D eigenvalue weighted by Gasteiger charge is 2.13. The van der Waals surface area contributed by atoms with Crippen molar-refractivity contribution in [3.63, 3.8) is 0 Å². The summed E-state index contributed by atoms with van der Waals surface area (Å²) in [7, 11) is 1.60. The molecule has 0 aliphatic heterocycles. The van der Waals surface area contributed by atoms with Gasteiger partial charge in [0.25, 0.3) is 0 Å². The van der Waals surface area contributed by atoms with Gasteiger partial charge >= 0.3 is 0 Å². The maximum absolute atomic E-state index is 5.89. The summed E-state index contributed by atoms with van der Waals surface area (Å²) in [5.74, 6) is 2.33. The Bertz CT molecular complexity index is 693. The molecule has 1 heterocycles. The summed E-state index contributed by atoms with van der Waals surface area (Å²) in [4.78, 5) is 8.19. The van der Waals surface area contributed by atoms with Crippen LogP contribution < -0.4 is 10.5 Å². The minimum Gasteiger partial charge on any atom is -0.496 e. The van der Waals surface area contributed by atoms with Gasteiger partial charge in [-0.15, -0.1) is 0 Å². The molecule has 5 heteroatoms. The van der Waals surface area contributed by atoms with Gasteiger partial charge in [0.05, 0.1) is 23.9 Å². The fraction of sp³-hybridized carbons (Fsp3) is 0.200. The molecule has 0 bridgehead atoms. The van der Waals surface area contributed by atoms with E-state index >= 15 is 0 Å². The van der Waals surface area contributed by atoms with Crippen LogP contribution in [-0.2, 0) is 4.74 Å². The molecule has 2 aromatic rings. The molecule has 104 valence electrons. The molecule has 5 nitrogen and oxygen atoms in total. The number of nitrogens with zero attached hydrogens (tertiary/aromatic N) is 2. The fourth-order valence-corrected chi connectivity index (χ4v) is 1.92. The zero-order valence-electron chi connectivity index (χ0n) is 11.8. The van der Waals surface area contributed by atoms with E-state index in [0.29, 0.717) is 23.1 Å². The third-order valence-corrected chi connectivity index (χ3v) is 2.80.